The molecule has 2 aromatic rings. The van der Waals surface area contributed by atoms with Crippen LogP contribution in [0.1, 0.15) is 43.7 Å². The number of hydrogen-bond donors (Lipinski definition) is 2. The quantitative estimate of drug-likeness (QED) is 0.844. The first-order valence-electron chi connectivity index (χ1n) is 8.41. The van der Waals surface area contributed by atoms with E-state index in [1.165, 1.54) is 16.9 Å². The molecule has 25 heavy (non-hydrogen) atoms. The van der Waals surface area contributed by atoms with E-state index in [0.717, 1.165) is 0 Å². The molecule has 1 amide bonds. The number of benzene rings is 1. The Balaban J connectivity index is 2.15. The number of aliphatic hydroxyl groups excluding tert-OH is 1. The van der Waals surface area contributed by atoms with Gasteiger partial charge in [0.05, 0.1) is 23.6 Å². The first kappa shape index (κ1) is 19.1. The monoisotopic (exact) mass is 347 g/mol. The van der Waals surface area contributed by atoms with Crippen LogP contribution in [0.15, 0.2) is 30.5 Å². The molecule has 0 aliphatic rings. The lowest BCUT2D eigenvalue weighted by molar-refractivity contribution is 0.0138. The number of rotatable bonds is 6. The molecule has 0 saturated heterocycles. The van der Waals surface area contributed by atoms with Gasteiger partial charge in [0.15, 0.2) is 0 Å². The highest BCUT2D eigenvalue weighted by Crippen LogP contribution is 2.25. The number of carbonyl (C=O) groups is 1. The van der Waals surface area contributed by atoms with E-state index in [-0.39, 0.29) is 11.8 Å². The molecule has 0 fully saturated rings. The van der Waals surface area contributed by atoms with Crippen molar-refractivity contribution in [2.45, 2.75) is 40.7 Å². The summed E-state index contributed by atoms with van der Waals surface area (Å²) in [6, 6.07) is 6.29. The molecular weight excluding hydrogens is 321 g/mol. The molecule has 0 saturated carbocycles. The molecule has 1 atom stereocenters. The third-order valence-electron chi connectivity index (χ3n) is 4.47. The van der Waals surface area contributed by atoms with Crippen molar-refractivity contribution < 1.29 is 14.3 Å². The van der Waals surface area contributed by atoms with Gasteiger partial charge in [-0.15, -0.1) is 0 Å². The fraction of sp³-hybridized carbons (Fsp3) is 0.474. The van der Waals surface area contributed by atoms with Gasteiger partial charge >= 0.3 is 0 Å². The van der Waals surface area contributed by atoms with Crippen LogP contribution in [0.4, 0.5) is 4.39 Å². The second-order valence-corrected chi connectivity index (χ2v) is 7.37. The maximum absolute atomic E-state index is 13.9. The molecule has 2 rings (SSSR count). The van der Waals surface area contributed by atoms with Crippen molar-refractivity contribution in [2.75, 3.05) is 6.54 Å². The Labute approximate surface area is 147 Å². The summed E-state index contributed by atoms with van der Waals surface area (Å²) in [6.45, 7) is 9.76. The Kier molecular flexibility index (Phi) is 5.62. The van der Waals surface area contributed by atoms with Gasteiger partial charge in [-0.25, -0.2) is 9.07 Å². The topological polar surface area (TPSA) is 67.2 Å². The van der Waals surface area contributed by atoms with E-state index in [4.69, 9.17) is 0 Å². The highest BCUT2D eigenvalue weighted by Gasteiger charge is 2.31. The molecule has 0 spiro atoms. The predicted molar refractivity (Wildman–Crippen MR) is 95.2 cm³/mol. The van der Waals surface area contributed by atoms with Gasteiger partial charge < -0.3 is 10.4 Å². The average molecular weight is 347 g/mol. The summed E-state index contributed by atoms with van der Waals surface area (Å²) in [5, 5.41) is 17.3. The summed E-state index contributed by atoms with van der Waals surface area (Å²) in [7, 11) is 0. The smallest absolute Gasteiger partial charge is 0.254 e. The number of aliphatic hydroxyl groups is 1. The number of carbonyl (C=O) groups excluding carboxylic acids is 1. The minimum absolute atomic E-state index is 0.0949. The summed E-state index contributed by atoms with van der Waals surface area (Å²) in [6.07, 6.45) is 0.901. The third-order valence-corrected chi connectivity index (χ3v) is 4.47. The van der Waals surface area contributed by atoms with Gasteiger partial charge in [0.1, 0.15) is 11.5 Å². The molecule has 0 aliphatic carbocycles. The fourth-order valence-electron chi connectivity index (χ4n) is 2.91. The zero-order chi connectivity index (χ0) is 18.8. The van der Waals surface area contributed by atoms with Gasteiger partial charge in [0, 0.05) is 12.0 Å². The zero-order valence-corrected chi connectivity index (χ0v) is 15.4. The van der Waals surface area contributed by atoms with Crippen molar-refractivity contribution >= 4 is 5.91 Å². The number of amides is 1. The lowest BCUT2D eigenvalue weighted by atomic mass is 9.80. The van der Waals surface area contributed by atoms with Gasteiger partial charge in [-0.2, -0.15) is 5.10 Å². The van der Waals surface area contributed by atoms with Crippen LogP contribution < -0.4 is 5.32 Å². The number of aromatic nitrogens is 2. The molecule has 0 aliphatic heterocycles. The number of halogens is 1. The summed E-state index contributed by atoms with van der Waals surface area (Å²) in [5.41, 5.74) is 0.789. The standard InChI is InChI=1S/C19H26FN3O2/c1-12(2)17(24)19(4,5)11-21-18(25)14-10-22-23(13(14)3)16-9-7-6-8-15(16)20/h6-10,12,17,24H,11H2,1-5H3,(H,21,25). The zero-order valence-electron chi connectivity index (χ0n) is 15.4. The second-order valence-electron chi connectivity index (χ2n) is 7.37. The van der Waals surface area contributed by atoms with E-state index in [9.17, 15) is 14.3 Å². The first-order chi connectivity index (χ1) is 11.6. The van der Waals surface area contributed by atoms with Crippen LogP contribution in [-0.4, -0.2) is 33.4 Å². The first-order valence-corrected chi connectivity index (χ1v) is 8.41. The second kappa shape index (κ2) is 7.35. The Bertz CT molecular complexity index is 753. The molecule has 1 aromatic carbocycles. The minimum Gasteiger partial charge on any atom is -0.392 e. The molecule has 0 radical (unpaired) electrons. The van der Waals surface area contributed by atoms with Crippen molar-refractivity contribution in [3.8, 4) is 5.69 Å². The summed E-state index contributed by atoms with van der Waals surface area (Å²) >= 11 is 0. The van der Waals surface area contributed by atoms with Gasteiger partial charge in [-0.1, -0.05) is 39.8 Å². The van der Waals surface area contributed by atoms with Crippen LogP contribution in [0.3, 0.4) is 0 Å². The maximum atomic E-state index is 13.9. The number of para-hydroxylation sites is 1. The summed E-state index contributed by atoms with van der Waals surface area (Å²) in [4.78, 5) is 12.5. The van der Waals surface area contributed by atoms with Crippen molar-refractivity contribution in [1.29, 1.82) is 0 Å². The Morgan fingerprint density at radius 3 is 2.60 bits per heavy atom. The molecule has 0 bridgehead atoms. The molecule has 1 unspecified atom stereocenters. The molecule has 2 N–H and O–H groups in total. The van der Waals surface area contributed by atoms with Crippen LogP contribution >= 0.6 is 0 Å². The highest BCUT2D eigenvalue weighted by molar-refractivity contribution is 5.95. The van der Waals surface area contributed by atoms with Crippen molar-refractivity contribution in [3.63, 3.8) is 0 Å². The lowest BCUT2D eigenvalue weighted by Gasteiger charge is -2.33. The van der Waals surface area contributed by atoms with Crippen molar-refractivity contribution in [1.82, 2.24) is 15.1 Å². The van der Waals surface area contributed by atoms with Crippen LogP contribution in [0.5, 0.6) is 0 Å². The Hall–Kier alpha value is -2.21. The highest BCUT2D eigenvalue weighted by atomic mass is 19.1. The van der Waals surface area contributed by atoms with Gasteiger partial charge in [0.25, 0.3) is 5.91 Å². The summed E-state index contributed by atoms with van der Waals surface area (Å²) in [5.74, 6) is -0.594. The fourth-order valence-corrected chi connectivity index (χ4v) is 2.91. The van der Waals surface area contributed by atoms with Gasteiger partial charge in [-0.3, -0.25) is 4.79 Å². The lowest BCUT2D eigenvalue weighted by Crippen LogP contribution is -2.43. The summed E-state index contributed by atoms with van der Waals surface area (Å²) < 4.78 is 15.4. The molecular formula is C19H26FN3O2. The van der Waals surface area contributed by atoms with E-state index < -0.39 is 17.3 Å². The Morgan fingerprint density at radius 1 is 1.36 bits per heavy atom. The predicted octanol–water partition coefficient (Wildman–Crippen LogP) is 3.09. The van der Waals surface area contributed by atoms with Gasteiger partial charge in [-0.05, 0) is 25.0 Å². The molecule has 6 heteroatoms. The Morgan fingerprint density at radius 2 is 2.00 bits per heavy atom. The van der Waals surface area contributed by atoms with Crippen LogP contribution in [-0.2, 0) is 0 Å². The number of nitrogens with one attached hydrogen (secondary N) is 1. The normalized spacial score (nSPS) is 13.1. The van der Waals surface area contributed by atoms with E-state index >= 15 is 0 Å². The van der Waals surface area contributed by atoms with Crippen LogP contribution in [0, 0.1) is 24.1 Å². The number of nitrogens with zero attached hydrogens (tertiary/aromatic N) is 2. The maximum Gasteiger partial charge on any atom is 0.254 e. The molecule has 1 aromatic heterocycles. The van der Waals surface area contributed by atoms with Crippen molar-refractivity contribution in [3.05, 3.63) is 47.5 Å². The van der Waals surface area contributed by atoms with E-state index in [0.29, 0.717) is 23.5 Å². The van der Waals surface area contributed by atoms with E-state index in [1.54, 1.807) is 25.1 Å². The SMILES string of the molecule is Cc1c(C(=O)NCC(C)(C)C(O)C(C)C)cnn1-c1ccccc1F. The van der Waals surface area contributed by atoms with E-state index in [2.05, 4.69) is 10.4 Å². The van der Waals surface area contributed by atoms with Crippen LogP contribution in [0.2, 0.25) is 0 Å². The van der Waals surface area contributed by atoms with E-state index in [1.807, 2.05) is 27.7 Å². The minimum atomic E-state index is -0.532. The number of hydrogen-bond acceptors (Lipinski definition) is 3. The third kappa shape index (κ3) is 4.07. The van der Waals surface area contributed by atoms with Crippen LogP contribution in [0.25, 0.3) is 5.69 Å². The molecule has 1 heterocycles. The molecule has 136 valence electrons. The average Bonchev–Trinajstić information content (AvgIpc) is 2.94. The molecule has 5 nitrogen and oxygen atoms in total. The van der Waals surface area contributed by atoms with Crippen molar-refractivity contribution in [2.24, 2.45) is 11.3 Å². The largest absolute Gasteiger partial charge is 0.392 e. The van der Waals surface area contributed by atoms with Gasteiger partial charge in [0.2, 0.25) is 0 Å².